The summed E-state index contributed by atoms with van der Waals surface area (Å²) in [5.41, 5.74) is 1.43. The quantitative estimate of drug-likeness (QED) is 0.534. The summed E-state index contributed by atoms with van der Waals surface area (Å²) >= 11 is 0. The van der Waals surface area contributed by atoms with Gasteiger partial charge in [-0.2, -0.15) is 0 Å². The maximum absolute atomic E-state index is 4.06. The molecule has 1 saturated heterocycles. The predicted octanol–water partition coefficient (Wildman–Crippen LogP) is 3.96. The van der Waals surface area contributed by atoms with Crippen LogP contribution in [0.25, 0.3) is 0 Å². The normalized spacial score (nSPS) is 22.4. The van der Waals surface area contributed by atoms with E-state index in [4.69, 9.17) is 0 Å². The van der Waals surface area contributed by atoms with Crippen LogP contribution in [0.2, 0.25) is 0 Å². The third kappa shape index (κ3) is 7.14. The van der Waals surface area contributed by atoms with E-state index in [1.165, 1.54) is 31.5 Å². The van der Waals surface area contributed by atoms with Crippen molar-refractivity contribution in [2.24, 2.45) is 5.92 Å². The number of likely N-dealkylation sites (tertiary alicyclic amines) is 1. The summed E-state index contributed by atoms with van der Waals surface area (Å²) in [7, 11) is 2.19. The van der Waals surface area contributed by atoms with Crippen LogP contribution in [0, 0.1) is 5.92 Å². The molecule has 0 aromatic rings. The topological polar surface area (TPSA) is 3.24 Å². The van der Waals surface area contributed by atoms with E-state index in [0.717, 1.165) is 0 Å². The van der Waals surface area contributed by atoms with E-state index in [9.17, 15) is 0 Å². The van der Waals surface area contributed by atoms with Gasteiger partial charge in [-0.1, -0.05) is 46.8 Å². The molecule has 0 aromatic carbocycles. The van der Waals surface area contributed by atoms with Gasteiger partial charge in [-0.15, -0.1) is 0 Å². The van der Waals surface area contributed by atoms with Crippen molar-refractivity contribution in [3.8, 4) is 0 Å². The summed E-state index contributed by atoms with van der Waals surface area (Å²) < 4.78 is 0. The summed E-state index contributed by atoms with van der Waals surface area (Å²) in [6.45, 7) is 16.8. The van der Waals surface area contributed by atoms with E-state index >= 15 is 0 Å². The Kier molecular flexibility index (Phi) is 12.4. The summed E-state index contributed by atoms with van der Waals surface area (Å²) in [6.07, 6.45) is 2.52. The van der Waals surface area contributed by atoms with Gasteiger partial charge in [0.25, 0.3) is 0 Å². The summed E-state index contributed by atoms with van der Waals surface area (Å²) in [5.74, 6) is 0.701. The van der Waals surface area contributed by atoms with Crippen molar-refractivity contribution >= 4 is 0 Å². The minimum atomic E-state index is 0.701. The fourth-order valence-corrected chi connectivity index (χ4v) is 1.51. The van der Waals surface area contributed by atoms with Crippen LogP contribution in [0.15, 0.2) is 12.2 Å². The molecule has 14 heavy (non-hydrogen) atoms. The Morgan fingerprint density at radius 2 is 1.71 bits per heavy atom. The van der Waals surface area contributed by atoms with Gasteiger partial charge in [0.15, 0.2) is 0 Å². The molecule has 0 aliphatic carbocycles. The fraction of sp³-hybridized carbons (Fsp3) is 0.846. The van der Waals surface area contributed by atoms with Gasteiger partial charge in [-0.05, 0) is 32.4 Å². The summed E-state index contributed by atoms with van der Waals surface area (Å²) in [5, 5.41) is 0. The van der Waals surface area contributed by atoms with Gasteiger partial charge in [0.2, 0.25) is 0 Å². The second-order valence-electron chi connectivity index (χ2n) is 3.43. The average molecular weight is 199 g/mol. The summed E-state index contributed by atoms with van der Waals surface area (Å²) in [4.78, 5) is 2.39. The number of nitrogens with zero attached hydrogens (tertiary/aromatic N) is 1. The number of hydrogen-bond acceptors (Lipinski definition) is 1. The third-order valence-electron chi connectivity index (χ3n) is 2.32. The first-order valence-corrected chi connectivity index (χ1v) is 6.06. The van der Waals surface area contributed by atoms with Gasteiger partial charge in [-0.3, -0.25) is 0 Å². The van der Waals surface area contributed by atoms with Gasteiger partial charge in [0.05, 0.1) is 0 Å². The number of rotatable bonds is 0. The zero-order valence-electron chi connectivity index (χ0n) is 11.1. The maximum atomic E-state index is 4.06. The Morgan fingerprint density at radius 3 is 2.21 bits per heavy atom. The Labute approximate surface area is 91.2 Å². The van der Waals surface area contributed by atoms with E-state index in [2.05, 4.69) is 25.5 Å². The van der Waals surface area contributed by atoms with Gasteiger partial charge in [0.1, 0.15) is 0 Å². The van der Waals surface area contributed by atoms with Crippen LogP contribution in [0.3, 0.4) is 0 Å². The molecule has 86 valence electrons. The monoisotopic (exact) mass is 199 g/mol. The Hall–Kier alpha value is -0.300. The molecule has 1 aliphatic heterocycles. The van der Waals surface area contributed by atoms with Crippen molar-refractivity contribution in [3.05, 3.63) is 12.2 Å². The lowest BCUT2D eigenvalue weighted by atomic mass is 10.0. The highest BCUT2D eigenvalue weighted by molar-refractivity contribution is 5.01. The Morgan fingerprint density at radius 1 is 1.21 bits per heavy atom. The van der Waals surface area contributed by atoms with E-state index in [0.29, 0.717) is 5.92 Å². The SMILES string of the molecule is C=C1CCCN(C)CC1C.CC.CC. The average Bonchev–Trinajstić information content (AvgIpc) is 2.36. The Balaban J connectivity index is 0. The highest BCUT2D eigenvalue weighted by atomic mass is 15.1. The van der Waals surface area contributed by atoms with Gasteiger partial charge >= 0.3 is 0 Å². The first-order chi connectivity index (χ1) is 6.70. The van der Waals surface area contributed by atoms with Crippen molar-refractivity contribution < 1.29 is 0 Å². The van der Waals surface area contributed by atoms with E-state index in [-0.39, 0.29) is 0 Å². The molecule has 1 heteroatoms. The molecule has 0 N–H and O–H groups in total. The highest BCUT2D eigenvalue weighted by Gasteiger charge is 2.13. The lowest BCUT2D eigenvalue weighted by Crippen LogP contribution is -2.22. The second-order valence-corrected chi connectivity index (χ2v) is 3.43. The molecule has 0 bridgehead atoms. The third-order valence-corrected chi connectivity index (χ3v) is 2.32. The van der Waals surface area contributed by atoms with Crippen LogP contribution in [-0.4, -0.2) is 25.0 Å². The van der Waals surface area contributed by atoms with Gasteiger partial charge < -0.3 is 4.90 Å². The standard InChI is InChI=1S/C9H17N.2C2H6/c1-8-5-4-6-10(3)7-9(8)2;2*1-2/h9H,1,4-7H2,2-3H3;2*1-2H3. The largest absolute Gasteiger partial charge is 0.306 e. The minimum Gasteiger partial charge on any atom is -0.306 e. The molecule has 1 fully saturated rings. The van der Waals surface area contributed by atoms with Crippen molar-refractivity contribution in [1.82, 2.24) is 4.90 Å². The molecule has 0 amide bonds. The molecule has 1 nitrogen and oxygen atoms in total. The van der Waals surface area contributed by atoms with Crippen LogP contribution in [-0.2, 0) is 0 Å². The van der Waals surface area contributed by atoms with Crippen molar-refractivity contribution in [2.75, 3.05) is 20.1 Å². The van der Waals surface area contributed by atoms with Crippen LogP contribution < -0.4 is 0 Å². The van der Waals surface area contributed by atoms with Crippen LogP contribution >= 0.6 is 0 Å². The lowest BCUT2D eigenvalue weighted by Gasteiger charge is -2.16. The Bertz CT molecular complexity index is 129. The molecular formula is C13H29N. The minimum absolute atomic E-state index is 0.701. The number of hydrogen-bond donors (Lipinski definition) is 0. The molecule has 1 heterocycles. The predicted molar refractivity (Wildman–Crippen MR) is 67.7 cm³/mol. The zero-order chi connectivity index (χ0) is 11.6. The first-order valence-electron chi connectivity index (χ1n) is 6.06. The molecule has 0 radical (unpaired) electrons. The molecule has 0 saturated carbocycles. The van der Waals surface area contributed by atoms with Crippen LogP contribution in [0.4, 0.5) is 0 Å². The summed E-state index contributed by atoms with van der Waals surface area (Å²) in [6, 6.07) is 0. The second kappa shape index (κ2) is 10.8. The smallest absolute Gasteiger partial charge is 0.00412 e. The molecular weight excluding hydrogens is 170 g/mol. The van der Waals surface area contributed by atoms with Crippen LogP contribution in [0.1, 0.15) is 47.5 Å². The highest BCUT2D eigenvalue weighted by Crippen LogP contribution is 2.18. The van der Waals surface area contributed by atoms with Gasteiger partial charge in [-0.25, -0.2) is 0 Å². The zero-order valence-corrected chi connectivity index (χ0v) is 11.1. The van der Waals surface area contributed by atoms with E-state index < -0.39 is 0 Å². The maximum Gasteiger partial charge on any atom is 0.00412 e. The van der Waals surface area contributed by atoms with Crippen molar-refractivity contribution in [1.29, 1.82) is 0 Å². The van der Waals surface area contributed by atoms with E-state index in [1.807, 2.05) is 27.7 Å². The molecule has 1 atom stereocenters. The van der Waals surface area contributed by atoms with Crippen LogP contribution in [0.5, 0.6) is 0 Å². The van der Waals surface area contributed by atoms with Crippen molar-refractivity contribution in [3.63, 3.8) is 0 Å². The first kappa shape index (κ1) is 16.1. The lowest BCUT2D eigenvalue weighted by molar-refractivity contribution is 0.321. The van der Waals surface area contributed by atoms with Crippen molar-refractivity contribution in [2.45, 2.75) is 47.5 Å². The van der Waals surface area contributed by atoms with E-state index in [1.54, 1.807) is 0 Å². The molecule has 0 spiro atoms. The molecule has 0 aromatic heterocycles. The molecule has 1 rings (SSSR count). The molecule has 1 aliphatic rings. The fourth-order valence-electron chi connectivity index (χ4n) is 1.51. The molecule has 1 unspecified atom stereocenters. The van der Waals surface area contributed by atoms with Gasteiger partial charge in [0, 0.05) is 6.54 Å².